The number of amides is 2. The summed E-state index contributed by atoms with van der Waals surface area (Å²) in [6.45, 7) is 8.03. The van der Waals surface area contributed by atoms with Crippen molar-refractivity contribution in [2.45, 2.75) is 45.7 Å². The van der Waals surface area contributed by atoms with Gasteiger partial charge in [-0.2, -0.15) is 0 Å². The van der Waals surface area contributed by atoms with Crippen LogP contribution >= 0.6 is 0 Å². The van der Waals surface area contributed by atoms with Gasteiger partial charge in [-0.15, -0.1) is 0 Å². The first-order chi connectivity index (χ1) is 11.8. The van der Waals surface area contributed by atoms with E-state index in [0.29, 0.717) is 35.7 Å². The van der Waals surface area contributed by atoms with Crippen LogP contribution < -0.4 is 5.32 Å². The third-order valence-electron chi connectivity index (χ3n) is 4.78. The number of alkyl halides is 1. The zero-order chi connectivity index (χ0) is 18.2. The smallest absolute Gasteiger partial charge is 0.322 e. The van der Waals surface area contributed by atoms with Gasteiger partial charge in [-0.25, -0.2) is 9.18 Å². The van der Waals surface area contributed by atoms with Gasteiger partial charge < -0.3 is 14.7 Å². The number of hydrogen-bond acceptors (Lipinski definition) is 3. The quantitative estimate of drug-likeness (QED) is 0.890. The molecule has 2 heterocycles. The average Bonchev–Trinajstić information content (AvgIpc) is 3.13. The second-order valence-electron chi connectivity index (χ2n) is 7.04. The van der Waals surface area contributed by atoms with E-state index in [0.717, 1.165) is 5.56 Å². The van der Waals surface area contributed by atoms with Crippen molar-refractivity contribution < 1.29 is 13.7 Å². The van der Waals surface area contributed by atoms with E-state index in [1.807, 2.05) is 39.0 Å². The van der Waals surface area contributed by atoms with Crippen molar-refractivity contribution in [2.24, 2.45) is 0 Å². The lowest BCUT2D eigenvalue weighted by atomic mass is 9.91. The molecule has 1 fully saturated rings. The molecule has 5 nitrogen and oxygen atoms in total. The summed E-state index contributed by atoms with van der Waals surface area (Å²) in [4.78, 5) is 14.1. The van der Waals surface area contributed by atoms with E-state index in [-0.39, 0.29) is 18.5 Å². The number of halogens is 1. The van der Waals surface area contributed by atoms with E-state index in [9.17, 15) is 4.79 Å². The molecule has 1 aliphatic heterocycles. The number of benzene rings is 1. The van der Waals surface area contributed by atoms with Gasteiger partial charge in [-0.05, 0) is 25.0 Å². The zero-order valence-corrected chi connectivity index (χ0v) is 15.1. The first-order valence-electron chi connectivity index (χ1n) is 8.59. The summed E-state index contributed by atoms with van der Waals surface area (Å²) in [5, 5.41) is 6.77. The minimum absolute atomic E-state index is 0.0467. The van der Waals surface area contributed by atoms with Crippen LogP contribution in [0.2, 0.25) is 0 Å². The number of aryl methyl sites for hydroxylation is 2. The average molecular weight is 345 g/mol. The Morgan fingerprint density at radius 1 is 1.36 bits per heavy atom. The number of hydrogen-bond donors (Lipinski definition) is 1. The molecule has 0 unspecified atom stereocenters. The van der Waals surface area contributed by atoms with Gasteiger partial charge in [0, 0.05) is 18.9 Å². The van der Waals surface area contributed by atoms with Gasteiger partial charge in [-0.3, -0.25) is 0 Å². The Balaban J connectivity index is 1.76. The standard InChI is InChI=1S/C19H24FN3O2/c1-12(2)17-16(14(4)22-25-17)21-18(24)23-10-9-19(20,11-23)15-8-6-5-7-13(15)3/h5-8,12H,9-11H2,1-4H3,(H,21,24)/t19-/m0/s1. The molecule has 0 aliphatic carbocycles. The highest BCUT2D eigenvalue weighted by Gasteiger charge is 2.42. The summed E-state index contributed by atoms with van der Waals surface area (Å²) in [7, 11) is 0. The van der Waals surface area contributed by atoms with Crippen LogP contribution in [0.25, 0.3) is 0 Å². The lowest BCUT2D eigenvalue weighted by Crippen LogP contribution is -2.36. The van der Waals surface area contributed by atoms with Crippen molar-refractivity contribution in [2.75, 3.05) is 18.4 Å². The van der Waals surface area contributed by atoms with Crippen LogP contribution in [0, 0.1) is 13.8 Å². The van der Waals surface area contributed by atoms with Gasteiger partial charge in [-0.1, -0.05) is 43.3 Å². The third-order valence-corrected chi connectivity index (χ3v) is 4.78. The largest absolute Gasteiger partial charge is 0.359 e. The molecule has 25 heavy (non-hydrogen) atoms. The minimum atomic E-state index is -1.51. The van der Waals surface area contributed by atoms with Crippen LogP contribution in [0.1, 0.15) is 48.8 Å². The molecule has 1 atom stereocenters. The summed E-state index contributed by atoms with van der Waals surface area (Å²) in [5.41, 5.74) is 1.28. The SMILES string of the molecule is Cc1ccccc1[C@]1(F)CCN(C(=O)Nc2c(C)noc2C(C)C)C1. The predicted molar refractivity (Wildman–Crippen MR) is 94.5 cm³/mol. The summed E-state index contributed by atoms with van der Waals surface area (Å²) in [5.74, 6) is 0.734. The van der Waals surface area contributed by atoms with Crippen molar-refractivity contribution in [1.29, 1.82) is 0 Å². The summed E-state index contributed by atoms with van der Waals surface area (Å²) in [6.07, 6.45) is 0.297. The fourth-order valence-corrected chi connectivity index (χ4v) is 3.36. The maximum absolute atomic E-state index is 15.4. The first kappa shape index (κ1) is 17.5. The number of nitrogens with zero attached hydrogens (tertiary/aromatic N) is 2. The second kappa shape index (κ2) is 6.50. The lowest BCUT2D eigenvalue weighted by molar-refractivity contribution is 0.168. The molecular weight excluding hydrogens is 321 g/mol. The second-order valence-corrected chi connectivity index (χ2v) is 7.04. The number of likely N-dealkylation sites (tertiary alicyclic amines) is 1. The van der Waals surface area contributed by atoms with Crippen LogP contribution in [0.4, 0.5) is 14.9 Å². The molecule has 134 valence electrons. The normalized spacial score (nSPS) is 20.3. The fraction of sp³-hybridized carbons (Fsp3) is 0.474. The Kier molecular flexibility index (Phi) is 4.54. The van der Waals surface area contributed by atoms with E-state index in [2.05, 4.69) is 10.5 Å². The van der Waals surface area contributed by atoms with E-state index in [4.69, 9.17) is 4.52 Å². The summed E-state index contributed by atoms with van der Waals surface area (Å²) >= 11 is 0. The Morgan fingerprint density at radius 3 is 2.76 bits per heavy atom. The number of nitrogens with one attached hydrogen (secondary N) is 1. The number of rotatable bonds is 3. The molecule has 0 bridgehead atoms. The number of aromatic nitrogens is 1. The van der Waals surface area contributed by atoms with Crippen LogP contribution in [0.5, 0.6) is 0 Å². The molecule has 1 aromatic heterocycles. The maximum atomic E-state index is 15.4. The molecule has 0 saturated carbocycles. The number of anilines is 1. The molecule has 0 radical (unpaired) electrons. The molecule has 1 N–H and O–H groups in total. The topological polar surface area (TPSA) is 58.4 Å². The summed E-state index contributed by atoms with van der Waals surface area (Å²) < 4.78 is 20.7. The monoisotopic (exact) mass is 345 g/mol. The van der Waals surface area contributed by atoms with Crippen molar-refractivity contribution in [3.05, 3.63) is 46.8 Å². The Morgan fingerprint density at radius 2 is 2.08 bits per heavy atom. The fourth-order valence-electron chi connectivity index (χ4n) is 3.36. The van der Waals surface area contributed by atoms with Crippen LogP contribution in [-0.4, -0.2) is 29.2 Å². The molecule has 1 aliphatic rings. The Labute approximate surface area is 147 Å². The minimum Gasteiger partial charge on any atom is -0.359 e. The number of carbonyl (C=O) groups excluding carboxylic acids is 1. The van der Waals surface area contributed by atoms with Gasteiger partial charge in [0.05, 0.1) is 6.54 Å². The Hall–Kier alpha value is -2.37. The van der Waals surface area contributed by atoms with Crippen LogP contribution in [-0.2, 0) is 5.67 Å². The highest BCUT2D eigenvalue weighted by atomic mass is 19.1. The first-order valence-corrected chi connectivity index (χ1v) is 8.59. The lowest BCUT2D eigenvalue weighted by Gasteiger charge is -2.23. The molecule has 1 saturated heterocycles. The third kappa shape index (κ3) is 3.25. The van der Waals surface area contributed by atoms with Crippen LogP contribution in [0.15, 0.2) is 28.8 Å². The van der Waals surface area contributed by atoms with E-state index in [1.165, 1.54) is 4.90 Å². The number of urea groups is 1. The zero-order valence-electron chi connectivity index (χ0n) is 15.1. The molecule has 2 aromatic rings. The molecule has 3 rings (SSSR count). The van der Waals surface area contributed by atoms with Gasteiger partial charge in [0.15, 0.2) is 11.4 Å². The molecule has 6 heteroatoms. The van der Waals surface area contributed by atoms with Crippen molar-refractivity contribution in [3.63, 3.8) is 0 Å². The van der Waals surface area contributed by atoms with Crippen molar-refractivity contribution in [1.82, 2.24) is 10.1 Å². The highest BCUT2D eigenvalue weighted by Crippen LogP contribution is 2.38. The molecule has 2 amide bonds. The number of carbonyl (C=O) groups is 1. The van der Waals surface area contributed by atoms with E-state index < -0.39 is 5.67 Å². The Bertz CT molecular complexity index is 787. The van der Waals surface area contributed by atoms with Crippen LogP contribution in [0.3, 0.4) is 0 Å². The van der Waals surface area contributed by atoms with E-state index in [1.54, 1.807) is 13.0 Å². The van der Waals surface area contributed by atoms with Gasteiger partial charge >= 0.3 is 6.03 Å². The van der Waals surface area contributed by atoms with Gasteiger partial charge in [0.25, 0.3) is 0 Å². The predicted octanol–water partition coefficient (Wildman–Crippen LogP) is 4.52. The van der Waals surface area contributed by atoms with Crippen molar-refractivity contribution in [3.8, 4) is 0 Å². The van der Waals surface area contributed by atoms with Crippen molar-refractivity contribution >= 4 is 11.7 Å². The highest BCUT2D eigenvalue weighted by molar-refractivity contribution is 5.90. The summed E-state index contributed by atoms with van der Waals surface area (Å²) in [6, 6.07) is 7.11. The van der Waals surface area contributed by atoms with Gasteiger partial charge in [0.2, 0.25) is 0 Å². The molecule has 0 spiro atoms. The molecular formula is C19H24FN3O2. The molecule has 1 aromatic carbocycles. The maximum Gasteiger partial charge on any atom is 0.322 e. The van der Waals surface area contributed by atoms with Gasteiger partial charge in [0.1, 0.15) is 11.4 Å². The van der Waals surface area contributed by atoms with E-state index >= 15 is 4.39 Å².